The molecule has 0 aliphatic heterocycles. The van der Waals surface area contributed by atoms with Crippen LogP contribution < -0.4 is 10.5 Å². The Kier molecular flexibility index (Phi) is 4.42. The molecule has 0 bridgehead atoms. The van der Waals surface area contributed by atoms with Crippen LogP contribution in [0.2, 0.25) is 0 Å². The average molecular weight is 295 g/mol. The molecule has 2 aromatic carbocycles. The fraction of sp³-hybridized carbons (Fsp3) is 0.316. The van der Waals surface area contributed by atoms with E-state index in [1.807, 2.05) is 30.3 Å². The molecule has 2 N–H and O–H groups in total. The number of fused-ring (bicyclic) bond motifs is 1. The maximum atomic E-state index is 11.3. The summed E-state index contributed by atoms with van der Waals surface area (Å²) in [6.07, 6.45) is 3.54. The van der Waals surface area contributed by atoms with Crippen molar-refractivity contribution in [1.29, 1.82) is 0 Å². The summed E-state index contributed by atoms with van der Waals surface area (Å²) in [6.45, 7) is 0.567. The molecule has 0 saturated carbocycles. The topological polar surface area (TPSA) is 52.3 Å². The van der Waals surface area contributed by atoms with E-state index in [0.717, 1.165) is 30.6 Å². The lowest BCUT2D eigenvalue weighted by Gasteiger charge is -2.26. The Hall–Kier alpha value is -2.29. The van der Waals surface area contributed by atoms with Crippen LogP contribution in [0.1, 0.15) is 41.9 Å². The summed E-state index contributed by atoms with van der Waals surface area (Å²) in [6, 6.07) is 16.3. The van der Waals surface area contributed by atoms with Crippen LogP contribution >= 0.6 is 0 Å². The molecule has 1 amide bonds. The minimum Gasteiger partial charge on any atom is -0.489 e. The lowest BCUT2D eigenvalue weighted by molar-refractivity contribution is -0.118. The highest BCUT2D eigenvalue weighted by Gasteiger charge is 2.24. The average Bonchev–Trinajstić information content (AvgIpc) is 2.54. The number of nitrogens with two attached hydrogens (primary N) is 1. The first kappa shape index (κ1) is 14.6. The number of ether oxygens (including phenoxy) is 1. The summed E-state index contributed by atoms with van der Waals surface area (Å²) in [5.41, 5.74) is 9.02. The van der Waals surface area contributed by atoms with Gasteiger partial charge in [0.05, 0.1) is 0 Å². The van der Waals surface area contributed by atoms with E-state index in [1.165, 1.54) is 11.1 Å². The molecule has 114 valence electrons. The molecule has 1 unspecified atom stereocenters. The number of carbonyl (C=O) groups excluding carboxylic acids is 1. The number of benzene rings is 2. The third-order valence-electron chi connectivity index (χ3n) is 4.27. The zero-order valence-electron chi connectivity index (χ0n) is 12.6. The Morgan fingerprint density at radius 1 is 1.14 bits per heavy atom. The smallest absolute Gasteiger partial charge is 0.218 e. The van der Waals surface area contributed by atoms with Crippen molar-refractivity contribution in [3.63, 3.8) is 0 Å². The van der Waals surface area contributed by atoms with E-state index in [0.29, 0.717) is 13.0 Å². The summed E-state index contributed by atoms with van der Waals surface area (Å²) < 4.78 is 6.03. The number of amides is 1. The number of carbonyl (C=O) groups is 1. The van der Waals surface area contributed by atoms with Gasteiger partial charge < -0.3 is 10.5 Å². The van der Waals surface area contributed by atoms with Crippen LogP contribution in [-0.2, 0) is 17.8 Å². The van der Waals surface area contributed by atoms with Gasteiger partial charge in [0.15, 0.2) is 0 Å². The molecule has 0 fully saturated rings. The van der Waals surface area contributed by atoms with Gasteiger partial charge in [-0.1, -0.05) is 42.5 Å². The van der Waals surface area contributed by atoms with Crippen molar-refractivity contribution >= 4 is 5.91 Å². The first-order chi connectivity index (χ1) is 10.7. The Bertz CT molecular complexity index is 652. The van der Waals surface area contributed by atoms with Gasteiger partial charge >= 0.3 is 0 Å². The molecule has 0 saturated heterocycles. The Morgan fingerprint density at radius 2 is 1.95 bits per heavy atom. The molecule has 3 nitrogen and oxygen atoms in total. The third kappa shape index (κ3) is 3.30. The van der Waals surface area contributed by atoms with E-state index in [-0.39, 0.29) is 11.8 Å². The van der Waals surface area contributed by atoms with Crippen LogP contribution in [0, 0.1) is 0 Å². The summed E-state index contributed by atoms with van der Waals surface area (Å²) >= 11 is 0. The van der Waals surface area contributed by atoms with Crippen LogP contribution in [-0.4, -0.2) is 5.91 Å². The largest absolute Gasteiger partial charge is 0.489 e. The summed E-state index contributed by atoms with van der Waals surface area (Å²) in [4.78, 5) is 11.3. The molecule has 3 rings (SSSR count). The Morgan fingerprint density at radius 3 is 2.73 bits per heavy atom. The second-order valence-corrected chi connectivity index (χ2v) is 5.86. The van der Waals surface area contributed by atoms with Crippen molar-refractivity contribution in [1.82, 2.24) is 0 Å². The monoisotopic (exact) mass is 295 g/mol. The molecule has 1 aliphatic rings. The summed E-state index contributed by atoms with van der Waals surface area (Å²) in [7, 11) is 0. The highest BCUT2D eigenvalue weighted by molar-refractivity contribution is 5.75. The van der Waals surface area contributed by atoms with Crippen LogP contribution in [0.25, 0.3) is 0 Å². The van der Waals surface area contributed by atoms with E-state index < -0.39 is 0 Å². The van der Waals surface area contributed by atoms with E-state index in [1.54, 1.807) is 0 Å². The SMILES string of the molecule is NC(=O)CC1CCCc2c(OCc3ccccc3)cccc21. The van der Waals surface area contributed by atoms with Gasteiger partial charge in [0.2, 0.25) is 5.91 Å². The first-order valence-corrected chi connectivity index (χ1v) is 7.81. The normalized spacial score (nSPS) is 16.8. The molecule has 0 spiro atoms. The third-order valence-corrected chi connectivity index (χ3v) is 4.27. The van der Waals surface area contributed by atoms with Gasteiger partial charge in [-0.05, 0) is 47.9 Å². The van der Waals surface area contributed by atoms with E-state index >= 15 is 0 Å². The standard InChI is InChI=1S/C19H21NO2/c20-19(21)12-15-8-4-10-17-16(15)9-5-11-18(17)22-13-14-6-2-1-3-7-14/h1-3,5-7,9,11,15H,4,8,10,12-13H2,(H2,20,21). The Labute approximate surface area is 131 Å². The van der Waals surface area contributed by atoms with Gasteiger partial charge in [-0.3, -0.25) is 4.79 Å². The van der Waals surface area contributed by atoms with Crippen LogP contribution in [0.4, 0.5) is 0 Å². The fourth-order valence-corrected chi connectivity index (χ4v) is 3.24. The van der Waals surface area contributed by atoms with Crippen molar-refractivity contribution in [2.24, 2.45) is 5.73 Å². The molecule has 1 aliphatic carbocycles. The molecule has 3 heteroatoms. The van der Waals surface area contributed by atoms with Gasteiger partial charge in [0.1, 0.15) is 12.4 Å². The maximum absolute atomic E-state index is 11.3. The van der Waals surface area contributed by atoms with E-state index in [2.05, 4.69) is 18.2 Å². The number of hydrogen-bond donors (Lipinski definition) is 1. The second-order valence-electron chi connectivity index (χ2n) is 5.86. The van der Waals surface area contributed by atoms with Gasteiger partial charge in [-0.15, -0.1) is 0 Å². The van der Waals surface area contributed by atoms with Crippen molar-refractivity contribution in [2.75, 3.05) is 0 Å². The van der Waals surface area contributed by atoms with Gasteiger partial charge in [-0.25, -0.2) is 0 Å². The first-order valence-electron chi connectivity index (χ1n) is 7.81. The molecule has 22 heavy (non-hydrogen) atoms. The predicted octanol–water partition coefficient (Wildman–Crippen LogP) is 3.56. The number of primary amides is 1. The van der Waals surface area contributed by atoms with Crippen LogP contribution in [0.15, 0.2) is 48.5 Å². The quantitative estimate of drug-likeness (QED) is 0.917. The molecule has 2 aromatic rings. The summed E-state index contributed by atoms with van der Waals surface area (Å²) in [5.74, 6) is 0.950. The molecule has 0 radical (unpaired) electrons. The second kappa shape index (κ2) is 6.65. The summed E-state index contributed by atoms with van der Waals surface area (Å²) in [5, 5.41) is 0. The number of hydrogen-bond acceptors (Lipinski definition) is 2. The lowest BCUT2D eigenvalue weighted by atomic mass is 9.80. The van der Waals surface area contributed by atoms with E-state index in [4.69, 9.17) is 10.5 Å². The molecule has 0 heterocycles. The lowest BCUT2D eigenvalue weighted by Crippen LogP contribution is -2.19. The van der Waals surface area contributed by atoms with Crippen molar-refractivity contribution in [3.8, 4) is 5.75 Å². The van der Waals surface area contributed by atoms with Gasteiger partial charge in [-0.2, -0.15) is 0 Å². The van der Waals surface area contributed by atoms with E-state index in [9.17, 15) is 4.79 Å². The Balaban J connectivity index is 1.80. The fourth-order valence-electron chi connectivity index (χ4n) is 3.24. The zero-order chi connectivity index (χ0) is 15.4. The molecular weight excluding hydrogens is 274 g/mol. The van der Waals surface area contributed by atoms with Crippen LogP contribution in [0.3, 0.4) is 0 Å². The molecular formula is C19H21NO2. The van der Waals surface area contributed by atoms with Gasteiger partial charge in [0.25, 0.3) is 0 Å². The minimum atomic E-state index is -0.228. The number of rotatable bonds is 5. The minimum absolute atomic E-state index is 0.228. The van der Waals surface area contributed by atoms with Gasteiger partial charge in [0, 0.05) is 6.42 Å². The molecule has 0 aromatic heterocycles. The predicted molar refractivity (Wildman–Crippen MR) is 86.7 cm³/mol. The van der Waals surface area contributed by atoms with Crippen molar-refractivity contribution in [2.45, 2.75) is 38.2 Å². The van der Waals surface area contributed by atoms with Crippen molar-refractivity contribution in [3.05, 3.63) is 65.2 Å². The maximum Gasteiger partial charge on any atom is 0.218 e. The van der Waals surface area contributed by atoms with Crippen LogP contribution in [0.5, 0.6) is 5.75 Å². The highest BCUT2D eigenvalue weighted by Crippen LogP contribution is 2.38. The zero-order valence-corrected chi connectivity index (χ0v) is 12.6. The van der Waals surface area contributed by atoms with Crippen molar-refractivity contribution < 1.29 is 9.53 Å². The molecule has 1 atom stereocenters. The highest BCUT2D eigenvalue weighted by atomic mass is 16.5.